The molecule has 2 unspecified atom stereocenters. The predicted octanol–water partition coefficient (Wildman–Crippen LogP) is 2.97. The van der Waals surface area contributed by atoms with Crippen LogP contribution in [-0.2, 0) is 6.54 Å². The molecule has 2 aromatic rings. The number of aliphatic hydroxyl groups is 1. The molecule has 0 spiro atoms. The molecule has 0 aromatic heterocycles. The Morgan fingerprint density at radius 3 is 2.39 bits per heavy atom. The summed E-state index contributed by atoms with van der Waals surface area (Å²) in [5.41, 5.74) is 2.58. The first kappa shape index (κ1) is 16.2. The highest BCUT2D eigenvalue weighted by molar-refractivity contribution is 5.18. The Morgan fingerprint density at radius 2 is 1.74 bits per heavy atom. The van der Waals surface area contributed by atoms with E-state index in [1.54, 1.807) is 0 Å². The number of hydrogen-bond acceptors (Lipinski definition) is 3. The molecule has 0 saturated carbocycles. The Morgan fingerprint density at radius 1 is 1.09 bits per heavy atom. The van der Waals surface area contributed by atoms with Crippen LogP contribution in [-0.4, -0.2) is 35.2 Å². The highest BCUT2D eigenvalue weighted by Gasteiger charge is 2.28. The van der Waals surface area contributed by atoms with Crippen molar-refractivity contribution in [3.8, 4) is 0 Å². The Balaban J connectivity index is 1.52. The van der Waals surface area contributed by atoms with Crippen molar-refractivity contribution < 1.29 is 5.11 Å². The normalized spacial score (nSPS) is 23.6. The summed E-state index contributed by atoms with van der Waals surface area (Å²) in [6, 6.07) is 21.3. The molecule has 3 nitrogen and oxygen atoms in total. The monoisotopic (exact) mass is 310 g/mol. The average Bonchev–Trinajstić information content (AvgIpc) is 2.59. The van der Waals surface area contributed by atoms with Crippen LogP contribution in [0.1, 0.15) is 30.5 Å². The molecule has 0 amide bonds. The minimum atomic E-state index is -0.321. The van der Waals surface area contributed by atoms with Gasteiger partial charge in [-0.05, 0) is 24.5 Å². The molecule has 23 heavy (non-hydrogen) atoms. The second-order valence-electron chi connectivity index (χ2n) is 6.48. The van der Waals surface area contributed by atoms with E-state index in [1.807, 2.05) is 12.1 Å². The summed E-state index contributed by atoms with van der Waals surface area (Å²) in [6.07, 6.45) is 0.657. The number of likely N-dealkylation sites (tertiary alicyclic amines) is 1. The molecule has 3 rings (SSSR count). The molecule has 1 saturated heterocycles. The molecule has 0 radical (unpaired) electrons. The van der Waals surface area contributed by atoms with Crippen LogP contribution in [0, 0.1) is 0 Å². The summed E-state index contributed by atoms with van der Waals surface area (Å²) in [6.45, 7) is 4.83. The summed E-state index contributed by atoms with van der Waals surface area (Å²) in [5.74, 6) is 0. The number of aliphatic hydroxyl groups excluding tert-OH is 1. The van der Waals surface area contributed by atoms with Crippen molar-refractivity contribution in [2.45, 2.75) is 38.1 Å². The predicted molar refractivity (Wildman–Crippen MR) is 94.1 cm³/mol. The van der Waals surface area contributed by atoms with Crippen LogP contribution in [0.5, 0.6) is 0 Å². The Labute approximate surface area is 139 Å². The lowest BCUT2D eigenvalue weighted by Crippen LogP contribution is -2.52. The van der Waals surface area contributed by atoms with E-state index in [0.717, 1.165) is 26.1 Å². The van der Waals surface area contributed by atoms with E-state index >= 15 is 0 Å². The van der Waals surface area contributed by atoms with Crippen LogP contribution < -0.4 is 5.32 Å². The summed E-state index contributed by atoms with van der Waals surface area (Å²) < 4.78 is 0. The van der Waals surface area contributed by atoms with Gasteiger partial charge >= 0.3 is 0 Å². The van der Waals surface area contributed by atoms with E-state index < -0.39 is 0 Å². The van der Waals surface area contributed by atoms with Crippen molar-refractivity contribution in [3.05, 3.63) is 71.8 Å². The molecule has 1 aliphatic heterocycles. The number of hydrogen-bond donors (Lipinski definition) is 2. The molecule has 0 bridgehead atoms. The van der Waals surface area contributed by atoms with Crippen LogP contribution in [0.3, 0.4) is 0 Å². The maximum Gasteiger partial charge on any atom is 0.0820 e. The third-order valence-corrected chi connectivity index (χ3v) is 4.68. The first-order valence-electron chi connectivity index (χ1n) is 8.48. The third-order valence-electron chi connectivity index (χ3n) is 4.68. The highest BCUT2D eigenvalue weighted by atomic mass is 16.3. The lowest BCUT2D eigenvalue weighted by atomic mass is 9.98. The van der Waals surface area contributed by atoms with Crippen molar-refractivity contribution in [3.63, 3.8) is 0 Å². The molecule has 1 fully saturated rings. The van der Waals surface area contributed by atoms with Gasteiger partial charge in [-0.15, -0.1) is 0 Å². The van der Waals surface area contributed by atoms with Crippen LogP contribution >= 0.6 is 0 Å². The van der Waals surface area contributed by atoms with E-state index in [4.69, 9.17) is 0 Å². The number of nitrogens with one attached hydrogen (secondary N) is 1. The minimum Gasteiger partial charge on any atom is -0.390 e. The molecule has 3 atom stereocenters. The number of piperidine rings is 1. The standard InChI is InChI=1S/C20H26N2O/c1-16(18-10-6-3-7-11-18)21-19-12-13-22(15-20(19)23)14-17-8-4-2-5-9-17/h2-11,16,19-21,23H,12-15H2,1H3/t16-,19?,20?/m1/s1. The SMILES string of the molecule is C[C@@H](NC1CCN(Cc2ccccc2)CC1O)c1ccccc1. The maximum absolute atomic E-state index is 10.5. The zero-order chi connectivity index (χ0) is 16.1. The van der Waals surface area contributed by atoms with Gasteiger partial charge in [0.2, 0.25) is 0 Å². The molecule has 1 aliphatic rings. The van der Waals surface area contributed by atoms with E-state index in [2.05, 4.69) is 65.7 Å². The molecular formula is C20H26N2O. The summed E-state index contributed by atoms with van der Waals surface area (Å²) in [4.78, 5) is 2.34. The van der Waals surface area contributed by atoms with Gasteiger partial charge in [-0.3, -0.25) is 4.90 Å². The zero-order valence-electron chi connectivity index (χ0n) is 13.7. The van der Waals surface area contributed by atoms with Crippen LogP contribution in [0.15, 0.2) is 60.7 Å². The molecule has 1 heterocycles. The lowest BCUT2D eigenvalue weighted by molar-refractivity contribution is 0.0336. The first-order valence-corrected chi connectivity index (χ1v) is 8.48. The molecular weight excluding hydrogens is 284 g/mol. The lowest BCUT2D eigenvalue weighted by Gasteiger charge is -2.37. The molecule has 2 aromatic carbocycles. The van der Waals surface area contributed by atoms with Crippen LogP contribution in [0.2, 0.25) is 0 Å². The van der Waals surface area contributed by atoms with Gasteiger partial charge in [-0.25, -0.2) is 0 Å². The van der Waals surface area contributed by atoms with Gasteiger partial charge in [0, 0.05) is 31.7 Å². The molecule has 3 heteroatoms. The van der Waals surface area contributed by atoms with Crippen molar-refractivity contribution in [1.82, 2.24) is 10.2 Å². The summed E-state index contributed by atoms with van der Waals surface area (Å²) in [5, 5.41) is 14.1. The maximum atomic E-state index is 10.5. The van der Waals surface area contributed by atoms with Crippen molar-refractivity contribution in [2.75, 3.05) is 13.1 Å². The van der Waals surface area contributed by atoms with Crippen molar-refractivity contribution in [2.24, 2.45) is 0 Å². The number of benzene rings is 2. The highest BCUT2D eigenvalue weighted by Crippen LogP contribution is 2.19. The van der Waals surface area contributed by atoms with Gasteiger partial charge in [0.25, 0.3) is 0 Å². The number of β-amino-alcohol motifs (C(OH)–C–C–N with tert-alkyl or cyclic N) is 1. The van der Waals surface area contributed by atoms with Gasteiger partial charge in [0.05, 0.1) is 6.10 Å². The van der Waals surface area contributed by atoms with Gasteiger partial charge in [0.1, 0.15) is 0 Å². The van der Waals surface area contributed by atoms with Crippen molar-refractivity contribution >= 4 is 0 Å². The van der Waals surface area contributed by atoms with Crippen LogP contribution in [0.25, 0.3) is 0 Å². The largest absolute Gasteiger partial charge is 0.390 e. The van der Waals surface area contributed by atoms with Gasteiger partial charge < -0.3 is 10.4 Å². The Hall–Kier alpha value is -1.68. The van der Waals surface area contributed by atoms with Gasteiger partial charge in [-0.1, -0.05) is 60.7 Å². The average molecular weight is 310 g/mol. The fourth-order valence-electron chi connectivity index (χ4n) is 3.34. The van der Waals surface area contributed by atoms with Crippen LogP contribution in [0.4, 0.5) is 0 Å². The fraction of sp³-hybridized carbons (Fsp3) is 0.400. The molecule has 0 aliphatic carbocycles. The molecule has 122 valence electrons. The zero-order valence-corrected chi connectivity index (χ0v) is 13.7. The van der Waals surface area contributed by atoms with E-state index in [0.29, 0.717) is 0 Å². The summed E-state index contributed by atoms with van der Waals surface area (Å²) in [7, 11) is 0. The molecule has 2 N–H and O–H groups in total. The quantitative estimate of drug-likeness (QED) is 0.891. The van der Waals surface area contributed by atoms with E-state index in [1.165, 1.54) is 11.1 Å². The minimum absolute atomic E-state index is 0.164. The first-order chi connectivity index (χ1) is 11.2. The Kier molecular flexibility index (Phi) is 5.44. The van der Waals surface area contributed by atoms with E-state index in [-0.39, 0.29) is 18.2 Å². The fourth-order valence-corrected chi connectivity index (χ4v) is 3.34. The second-order valence-corrected chi connectivity index (χ2v) is 6.48. The number of nitrogens with zero attached hydrogens (tertiary/aromatic N) is 1. The number of rotatable bonds is 5. The Bertz CT molecular complexity index is 587. The van der Waals surface area contributed by atoms with Crippen molar-refractivity contribution in [1.29, 1.82) is 0 Å². The second kappa shape index (κ2) is 7.73. The topological polar surface area (TPSA) is 35.5 Å². The van der Waals surface area contributed by atoms with Gasteiger partial charge in [-0.2, -0.15) is 0 Å². The third kappa shape index (κ3) is 4.41. The summed E-state index contributed by atoms with van der Waals surface area (Å²) >= 11 is 0. The van der Waals surface area contributed by atoms with E-state index in [9.17, 15) is 5.11 Å². The smallest absolute Gasteiger partial charge is 0.0820 e. The van der Waals surface area contributed by atoms with Gasteiger partial charge in [0.15, 0.2) is 0 Å².